The van der Waals surface area contributed by atoms with Crippen molar-refractivity contribution in [3.63, 3.8) is 0 Å². The summed E-state index contributed by atoms with van der Waals surface area (Å²) in [5.74, 6) is 0.850. The van der Waals surface area contributed by atoms with Gasteiger partial charge in [-0.25, -0.2) is 0 Å². The normalized spacial score (nSPS) is 11.3. The summed E-state index contributed by atoms with van der Waals surface area (Å²) in [6.45, 7) is 0. The lowest BCUT2D eigenvalue weighted by atomic mass is 9.96. The Kier molecular flexibility index (Phi) is 7.85. The van der Waals surface area contributed by atoms with Crippen LogP contribution in [0.5, 0.6) is 0 Å². The van der Waals surface area contributed by atoms with Crippen LogP contribution in [-0.2, 0) is 0 Å². The van der Waals surface area contributed by atoms with E-state index in [9.17, 15) is 0 Å². The number of anilines is 3. The summed E-state index contributed by atoms with van der Waals surface area (Å²) < 4.78 is 6.81. The van der Waals surface area contributed by atoms with Gasteiger partial charge in [-0.1, -0.05) is 164 Å². The van der Waals surface area contributed by atoms with Gasteiger partial charge in [0.1, 0.15) is 11.3 Å². The van der Waals surface area contributed by atoms with Gasteiger partial charge in [-0.3, -0.25) is 0 Å². The summed E-state index contributed by atoms with van der Waals surface area (Å²) in [5.41, 5.74) is 12.0. The van der Waals surface area contributed by atoms with E-state index in [4.69, 9.17) is 4.42 Å². The topological polar surface area (TPSA) is 16.4 Å². The van der Waals surface area contributed by atoms with E-state index in [0.29, 0.717) is 0 Å². The van der Waals surface area contributed by atoms with Gasteiger partial charge in [-0.2, -0.15) is 0 Å². The fraction of sp³-hybridized carbons (Fsp3) is 0. The first-order valence-corrected chi connectivity index (χ1v) is 18.4. The SMILES string of the molecule is c1ccc(-c2c(-c3ccccc3N(c3ccc(-c4ccc5ccccc5c4)cc3)c3ccc(-c4cccc5ccccc45)cc3)oc3ccccc23)cc1. The quantitative estimate of drug-likeness (QED) is 0.166. The van der Waals surface area contributed by atoms with Crippen molar-refractivity contribution < 1.29 is 4.42 Å². The van der Waals surface area contributed by atoms with E-state index >= 15 is 0 Å². The first kappa shape index (κ1) is 31.6. The summed E-state index contributed by atoms with van der Waals surface area (Å²) in [5, 5.41) is 6.06. The van der Waals surface area contributed by atoms with Crippen LogP contribution < -0.4 is 4.90 Å². The highest BCUT2D eigenvalue weighted by Gasteiger charge is 2.24. The molecule has 2 heteroatoms. The van der Waals surface area contributed by atoms with Crippen LogP contribution >= 0.6 is 0 Å². The lowest BCUT2D eigenvalue weighted by molar-refractivity contribution is 0.632. The Hall–Kier alpha value is -7.16. The Labute approximate surface area is 314 Å². The lowest BCUT2D eigenvalue weighted by Gasteiger charge is -2.28. The molecule has 0 spiro atoms. The lowest BCUT2D eigenvalue weighted by Crippen LogP contribution is -2.11. The first-order chi connectivity index (χ1) is 26.8. The zero-order valence-corrected chi connectivity index (χ0v) is 29.6. The fourth-order valence-electron chi connectivity index (χ4n) is 7.85. The summed E-state index contributed by atoms with van der Waals surface area (Å²) >= 11 is 0. The predicted molar refractivity (Wildman–Crippen MR) is 228 cm³/mol. The molecular formula is C52H35NO. The Morgan fingerprint density at radius 1 is 0.333 bits per heavy atom. The molecule has 54 heavy (non-hydrogen) atoms. The minimum absolute atomic E-state index is 0.850. The molecule has 10 aromatic rings. The van der Waals surface area contributed by atoms with Crippen molar-refractivity contribution in [2.45, 2.75) is 0 Å². The Balaban J connectivity index is 1.14. The summed E-state index contributed by atoms with van der Waals surface area (Å²) in [4.78, 5) is 2.36. The van der Waals surface area contributed by atoms with Crippen LogP contribution in [0.2, 0.25) is 0 Å². The largest absolute Gasteiger partial charge is 0.455 e. The molecule has 0 bridgehead atoms. The van der Waals surface area contributed by atoms with Crippen LogP contribution in [0.15, 0.2) is 217 Å². The molecule has 9 aromatic carbocycles. The number of benzene rings is 9. The molecule has 1 heterocycles. The van der Waals surface area contributed by atoms with Gasteiger partial charge in [0.05, 0.1) is 5.69 Å². The second-order valence-corrected chi connectivity index (χ2v) is 13.7. The maximum Gasteiger partial charge on any atom is 0.145 e. The van der Waals surface area contributed by atoms with Gasteiger partial charge in [0.15, 0.2) is 0 Å². The maximum atomic E-state index is 6.81. The highest BCUT2D eigenvalue weighted by molar-refractivity contribution is 6.04. The molecule has 0 saturated carbocycles. The van der Waals surface area contributed by atoms with E-state index in [2.05, 4.69) is 211 Å². The monoisotopic (exact) mass is 689 g/mol. The number of nitrogens with zero attached hydrogens (tertiary/aromatic N) is 1. The Morgan fingerprint density at radius 3 is 1.70 bits per heavy atom. The van der Waals surface area contributed by atoms with E-state index < -0.39 is 0 Å². The van der Waals surface area contributed by atoms with Gasteiger partial charge in [0.2, 0.25) is 0 Å². The van der Waals surface area contributed by atoms with Gasteiger partial charge in [-0.15, -0.1) is 0 Å². The molecule has 0 N–H and O–H groups in total. The maximum absolute atomic E-state index is 6.81. The predicted octanol–water partition coefficient (Wildman–Crippen LogP) is 14.9. The minimum atomic E-state index is 0.850. The highest BCUT2D eigenvalue weighted by Crippen LogP contribution is 2.47. The molecule has 0 radical (unpaired) electrons. The van der Waals surface area contributed by atoms with Gasteiger partial charge < -0.3 is 9.32 Å². The smallest absolute Gasteiger partial charge is 0.145 e. The third-order valence-corrected chi connectivity index (χ3v) is 10.5. The zero-order chi connectivity index (χ0) is 35.8. The van der Waals surface area contributed by atoms with E-state index in [-0.39, 0.29) is 0 Å². The average molecular weight is 690 g/mol. The number of fused-ring (bicyclic) bond motifs is 3. The van der Waals surface area contributed by atoms with Gasteiger partial charge in [0.25, 0.3) is 0 Å². The van der Waals surface area contributed by atoms with E-state index in [0.717, 1.165) is 50.5 Å². The van der Waals surface area contributed by atoms with Crippen molar-refractivity contribution in [1.82, 2.24) is 0 Å². The molecule has 0 aliphatic carbocycles. The van der Waals surface area contributed by atoms with Gasteiger partial charge >= 0.3 is 0 Å². The van der Waals surface area contributed by atoms with E-state index in [1.165, 1.54) is 43.8 Å². The number of furan rings is 1. The molecule has 0 amide bonds. The average Bonchev–Trinajstić information content (AvgIpc) is 3.64. The molecule has 0 unspecified atom stereocenters. The molecule has 0 aliphatic heterocycles. The van der Waals surface area contributed by atoms with Crippen LogP contribution in [0.4, 0.5) is 17.1 Å². The molecule has 0 fully saturated rings. The number of hydrogen-bond acceptors (Lipinski definition) is 2. The molecule has 1 aromatic heterocycles. The molecule has 254 valence electrons. The van der Waals surface area contributed by atoms with Crippen molar-refractivity contribution in [1.29, 1.82) is 0 Å². The van der Waals surface area contributed by atoms with Crippen molar-refractivity contribution in [2.75, 3.05) is 4.90 Å². The molecule has 0 atom stereocenters. The number of hydrogen-bond donors (Lipinski definition) is 0. The van der Waals surface area contributed by atoms with Gasteiger partial charge in [0, 0.05) is 27.9 Å². The second kappa shape index (κ2) is 13.4. The third kappa shape index (κ3) is 5.62. The second-order valence-electron chi connectivity index (χ2n) is 13.7. The molecule has 0 aliphatic rings. The third-order valence-electron chi connectivity index (χ3n) is 10.5. The Morgan fingerprint density at radius 2 is 0.907 bits per heavy atom. The Bertz CT molecular complexity index is 2920. The van der Waals surface area contributed by atoms with Crippen molar-refractivity contribution in [2.24, 2.45) is 0 Å². The fourth-order valence-corrected chi connectivity index (χ4v) is 7.85. The van der Waals surface area contributed by atoms with Crippen molar-refractivity contribution in [3.8, 4) is 44.7 Å². The van der Waals surface area contributed by atoms with Crippen LogP contribution in [0.3, 0.4) is 0 Å². The minimum Gasteiger partial charge on any atom is -0.455 e. The van der Waals surface area contributed by atoms with E-state index in [1.54, 1.807) is 0 Å². The van der Waals surface area contributed by atoms with Crippen LogP contribution in [-0.4, -0.2) is 0 Å². The standard InChI is InChI=1S/C52H35NO/c1-2-15-40(16-3-1)51-48-21-9-11-24-50(48)54-52(51)47-20-8-10-23-49(47)53(43-31-27-37(28-32-43)42-26-25-36-13-4-5-17-41(36)35-42)44-33-29-39(30-34-44)46-22-12-18-38-14-6-7-19-45(38)46/h1-35H. The number of para-hydroxylation sites is 2. The summed E-state index contributed by atoms with van der Waals surface area (Å²) in [6, 6.07) is 75.7. The summed E-state index contributed by atoms with van der Waals surface area (Å²) in [7, 11) is 0. The zero-order valence-electron chi connectivity index (χ0n) is 29.6. The van der Waals surface area contributed by atoms with Crippen LogP contribution in [0, 0.1) is 0 Å². The van der Waals surface area contributed by atoms with Crippen molar-refractivity contribution in [3.05, 3.63) is 212 Å². The number of rotatable bonds is 7. The first-order valence-electron chi connectivity index (χ1n) is 18.4. The highest BCUT2D eigenvalue weighted by atomic mass is 16.3. The summed E-state index contributed by atoms with van der Waals surface area (Å²) in [6.07, 6.45) is 0. The van der Waals surface area contributed by atoms with Gasteiger partial charge in [-0.05, 0) is 97.9 Å². The van der Waals surface area contributed by atoms with Crippen LogP contribution in [0.25, 0.3) is 77.2 Å². The van der Waals surface area contributed by atoms with Crippen molar-refractivity contribution >= 4 is 49.6 Å². The van der Waals surface area contributed by atoms with Crippen LogP contribution in [0.1, 0.15) is 0 Å². The molecule has 0 saturated heterocycles. The van der Waals surface area contributed by atoms with E-state index in [1.807, 2.05) is 6.07 Å². The molecular weight excluding hydrogens is 655 g/mol. The molecule has 2 nitrogen and oxygen atoms in total. The molecule has 10 rings (SSSR count).